The first kappa shape index (κ1) is 17.7. The molecule has 4 rings (SSSR count). The Kier molecular flexibility index (Phi) is 5.01. The number of imidazole rings is 1. The summed E-state index contributed by atoms with van der Waals surface area (Å²) in [5.74, 6) is 0.707. The van der Waals surface area contributed by atoms with Gasteiger partial charge in [-0.1, -0.05) is 48.5 Å². The van der Waals surface area contributed by atoms with E-state index in [-0.39, 0.29) is 18.5 Å². The van der Waals surface area contributed by atoms with Crippen LogP contribution in [0.3, 0.4) is 0 Å². The molecule has 0 saturated heterocycles. The van der Waals surface area contributed by atoms with Crippen LogP contribution in [0.4, 0.5) is 0 Å². The van der Waals surface area contributed by atoms with E-state index in [1.165, 1.54) is 0 Å². The molecule has 2 heterocycles. The third kappa shape index (κ3) is 3.71. The summed E-state index contributed by atoms with van der Waals surface area (Å²) in [5.41, 5.74) is 2.94. The van der Waals surface area contributed by atoms with Gasteiger partial charge in [0.15, 0.2) is 0 Å². The molecule has 1 atom stereocenters. The highest BCUT2D eigenvalue weighted by atomic mass is 16.2. The predicted molar refractivity (Wildman–Crippen MR) is 108 cm³/mol. The molecule has 1 unspecified atom stereocenters. The minimum Gasteiger partial charge on any atom is -0.348 e. The second kappa shape index (κ2) is 7.92. The molecule has 1 amide bonds. The van der Waals surface area contributed by atoms with Gasteiger partial charge in [0, 0.05) is 30.4 Å². The predicted octanol–water partition coefficient (Wildman–Crippen LogP) is 3.61. The fourth-order valence-corrected chi connectivity index (χ4v) is 3.28. The molecule has 6 heteroatoms. The molecular weight excluding hydrogens is 350 g/mol. The van der Waals surface area contributed by atoms with Crippen molar-refractivity contribution in [3.63, 3.8) is 0 Å². The summed E-state index contributed by atoms with van der Waals surface area (Å²) in [5, 5.41) is 7.39. The van der Waals surface area contributed by atoms with Crippen molar-refractivity contribution in [3.05, 3.63) is 91.0 Å². The molecule has 2 aromatic carbocycles. The molecule has 0 radical (unpaired) electrons. The highest BCUT2D eigenvalue weighted by Gasteiger charge is 2.16. The van der Waals surface area contributed by atoms with Crippen LogP contribution in [0.25, 0.3) is 17.1 Å². The van der Waals surface area contributed by atoms with Crippen LogP contribution < -0.4 is 5.32 Å². The topological polar surface area (TPSA) is 64.7 Å². The summed E-state index contributed by atoms with van der Waals surface area (Å²) >= 11 is 0. The van der Waals surface area contributed by atoms with Crippen LogP contribution in [-0.4, -0.2) is 25.2 Å². The maximum atomic E-state index is 12.7. The number of hydrogen-bond acceptors (Lipinski definition) is 3. The number of nitrogens with one attached hydrogen (secondary N) is 1. The number of benzene rings is 2. The van der Waals surface area contributed by atoms with Gasteiger partial charge in [-0.3, -0.25) is 4.79 Å². The number of hydrogen-bond donors (Lipinski definition) is 1. The molecule has 0 fully saturated rings. The summed E-state index contributed by atoms with van der Waals surface area (Å²) in [6.45, 7) is 2.19. The lowest BCUT2D eigenvalue weighted by atomic mass is 10.1. The largest absolute Gasteiger partial charge is 0.348 e. The lowest BCUT2D eigenvalue weighted by Crippen LogP contribution is -2.30. The van der Waals surface area contributed by atoms with Crippen molar-refractivity contribution in [2.24, 2.45) is 0 Å². The molecule has 28 heavy (non-hydrogen) atoms. The molecule has 1 N–H and O–H groups in total. The number of carbonyl (C=O) groups is 1. The maximum absolute atomic E-state index is 12.7. The Morgan fingerprint density at radius 3 is 2.57 bits per heavy atom. The first-order valence-electron chi connectivity index (χ1n) is 9.17. The van der Waals surface area contributed by atoms with E-state index in [1.807, 2.05) is 84.5 Å². The molecule has 0 aliphatic rings. The van der Waals surface area contributed by atoms with Crippen molar-refractivity contribution < 1.29 is 4.79 Å². The van der Waals surface area contributed by atoms with Crippen molar-refractivity contribution in [3.8, 4) is 17.1 Å². The molecule has 0 bridgehead atoms. The summed E-state index contributed by atoms with van der Waals surface area (Å²) in [7, 11) is 0. The SMILES string of the molecule is CC(NC(=O)Cn1ccnc1-c1ccccc1)c1ccccc1-n1cccn1. The van der Waals surface area contributed by atoms with Gasteiger partial charge in [0.05, 0.1) is 11.7 Å². The highest BCUT2D eigenvalue weighted by Crippen LogP contribution is 2.21. The molecule has 0 spiro atoms. The maximum Gasteiger partial charge on any atom is 0.240 e. The fraction of sp³-hybridized carbons (Fsp3) is 0.136. The quantitative estimate of drug-likeness (QED) is 0.563. The van der Waals surface area contributed by atoms with Gasteiger partial charge in [-0.2, -0.15) is 5.10 Å². The third-order valence-electron chi connectivity index (χ3n) is 4.59. The van der Waals surface area contributed by atoms with E-state index >= 15 is 0 Å². The number of amides is 1. The summed E-state index contributed by atoms with van der Waals surface area (Å²) in [6.07, 6.45) is 7.17. The molecular formula is C22H21N5O. The molecule has 0 aliphatic carbocycles. The molecule has 6 nitrogen and oxygen atoms in total. The van der Waals surface area contributed by atoms with E-state index in [0.29, 0.717) is 0 Å². The summed E-state index contributed by atoms with van der Waals surface area (Å²) in [6, 6.07) is 19.5. The van der Waals surface area contributed by atoms with Crippen LogP contribution in [0.2, 0.25) is 0 Å². The number of para-hydroxylation sites is 1. The van der Waals surface area contributed by atoms with E-state index in [4.69, 9.17) is 0 Å². The zero-order valence-corrected chi connectivity index (χ0v) is 15.6. The van der Waals surface area contributed by atoms with E-state index in [1.54, 1.807) is 17.1 Å². The minimum atomic E-state index is -0.156. The van der Waals surface area contributed by atoms with Gasteiger partial charge in [0.25, 0.3) is 0 Å². The minimum absolute atomic E-state index is 0.0713. The number of aromatic nitrogens is 4. The van der Waals surface area contributed by atoms with Crippen molar-refractivity contribution in [1.29, 1.82) is 0 Å². The van der Waals surface area contributed by atoms with E-state index < -0.39 is 0 Å². The first-order chi connectivity index (χ1) is 13.7. The fourth-order valence-electron chi connectivity index (χ4n) is 3.28. The summed E-state index contributed by atoms with van der Waals surface area (Å²) < 4.78 is 3.66. The monoisotopic (exact) mass is 371 g/mol. The highest BCUT2D eigenvalue weighted by molar-refractivity contribution is 5.77. The summed E-state index contributed by atoms with van der Waals surface area (Å²) in [4.78, 5) is 17.1. The molecule has 4 aromatic rings. The average molecular weight is 371 g/mol. The zero-order chi connectivity index (χ0) is 19.3. The molecule has 0 saturated carbocycles. The van der Waals surface area contributed by atoms with Crippen LogP contribution in [0, 0.1) is 0 Å². The van der Waals surface area contributed by atoms with Crippen molar-refractivity contribution in [2.75, 3.05) is 0 Å². The average Bonchev–Trinajstić information content (AvgIpc) is 3.41. The first-order valence-corrected chi connectivity index (χ1v) is 9.17. The van der Waals surface area contributed by atoms with E-state index in [2.05, 4.69) is 15.4 Å². The van der Waals surface area contributed by atoms with Gasteiger partial charge in [-0.15, -0.1) is 0 Å². The normalized spacial score (nSPS) is 11.9. The van der Waals surface area contributed by atoms with Gasteiger partial charge in [-0.25, -0.2) is 9.67 Å². The van der Waals surface area contributed by atoms with E-state index in [9.17, 15) is 4.79 Å². The number of nitrogens with zero attached hydrogens (tertiary/aromatic N) is 4. The van der Waals surface area contributed by atoms with Crippen molar-refractivity contribution in [2.45, 2.75) is 19.5 Å². The molecule has 140 valence electrons. The Hall–Kier alpha value is -3.67. The van der Waals surface area contributed by atoms with Crippen LogP contribution >= 0.6 is 0 Å². The molecule has 2 aromatic heterocycles. The second-order valence-corrected chi connectivity index (χ2v) is 6.54. The standard InChI is InChI=1S/C22H21N5O/c1-17(19-10-5-6-11-20(19)27-14-7-12-24-27)25-21(28)16-26-15-13-23-22(26)18-8-3-2-4-9-18/h2-15,17H,16H2,1H3,(H,25,28). The third-order valence-corrected chi connectivity index (χ3v) is 4.59. The van der Waals surface area contributed by atoms with Gasteiger partial charge < -0.3 is 9.88 Å². The van der Waals surface area contributed by atoms with E-state index in [0.717, 1.165) is 22.6 Å². The van der Waals surface area contributed by atoms with Crippen LogP contribution in [0.1, 0.15) is 18.5 Å². The van der Waals surface area contributed by atoms with Gasteiger partial charge in [0.1, 0.15) is 12.4 Å². The Labute approximate surface area is 163 Å². The Morgan fingerprint density at radius 2 is 1.79 bits per heavy atom. The zero-order valence-electron chi connectivity index (χ0n) is 15.6. The lowest BCUT2D eigenvalue weighted by molar-refractivity contribution is -0.122. The van der Waals surface area contributed by atoms with Crippen LogP contribution in [-0.2, 0) is 11.3 Å². The Balaban J connectivity index is 1.50. The van der Waals surface area contributed by atoms with Gasteiger partial charge in [-0.05, 0) is 24.6 Å². The molecule has 0 aliphatic heterocycles. The Bertz CT molecular complexity index is 1050. The van der Waals surface area contributed by atoms with Crippen molar-refractivity contribution in [1.82, 2.24) is 24.6 Å². The van der Waals surface area contributed by atoms with Gasteiger partial charge in [0.2, 0.25) is 5.91 Å². The number of carbonyl (C=O) groups excluding carboxylic acids is 1. The number of rotatable bonds is 6. The lowest BCUT2D eigenvalue weighted by Gasteiger charge is -2.18. The Morgan fingerprint density at radius 1 is 1.00 bits per heavy atom. The van der Waals surface area contributed by atoms with Crippen LogP contribution in [0.5, 0.6) is 0 Å². The van der Waals surface area contributed by atoms with Crippen molar-refractivity contribution >= 4 is 5.91 Å². The second-order valence-electron chi connectivity index (χ2n) is 6.54. The van der Waals surface area contributed by atoms with Gasteiger partial charge >= 0.3 is 0 Å². The smallest absolute Gasteiger partial charge is 0.240 e. The van der Waals surface area contributed by atoms with Crippen LogP contribution in [0.15, 0.2) is 85.5 Å².